The van der Waals surface area contributed by atoms with Crippen LogP contribution in [0.3, 0.4) is 0 Å². The normalized spacial score (nSPS) is 32.4. The molecule has 2 saturated carbocycles. The van der Waals surface area contributed by atoms with Crippen LogP contribution in [0.2, 0.25) is 5.02 Å². The molecular weight excluding hydrogens is 244 g/mol. The number of hydrogen-bond donors (Lipinski definition) is 1. The highest BCUT2D eigenvalue weighted by Gasteiger charge is 2.47. The number of rotatable bonds is 2. The van der Waals surface area contributed by atoms with Gasteiger partial charge in [0.25, 0.3) is 0 Å². The predicted molar refractivity (Wildman–Crippen MR) is 62.6 cm³/mol. The topological polar surface area (TPSA) is 26.0 Å². The molecule has 0 bridgehead atoms. The maximum atomic E-state index is 13.2. The summed E-state index contributed by atoms with van der Waals surface area (Å²) in [6.07, 6.45) is 3.51. The molecule has 1 aromatic rings. The van der Waals surface area contributed by atoms with Crippen molar-refractivity contribution in [2.24, 2.45) is 23.5 Å². The highest BCUT2D eigenvalue weighted by molar-refractivity contribution is 6.31. The molecule has 2 N–H and O–H groups in total. The fourth-order valence-electron chi connectivity index (χ4n) is 3.10. The Kier molecular flexibility index (Phi) is 2.64. The van der Waals surface area contributed by atoms with Gasteiger partial charge in [-0.15, -0.1) is 0 Å². The van der Waals surface area contributed by atoms with Gasteiger partial charge in [-0.1, -0.05) is 11.6 Å². The third-order valence-corrected chi connectivity index (χ3v) is 4.51. The number of hydrogen-bond acceptors (Lipinski definition) is 1. The van der Waals surface area contributed by atoms with E-state index in [1.54, 1.807) is 0 Å². The van der Waals surface area contributed by atoms with Crippen molar-refractivity contribution >= 4 is 11.6 Å². The summed E-state index contributed by atoms with van der Waals surface area (Å²) in [6, 6.07) is 1.89. The van der Waals surface area contributed by atoms with Crippen molar-refractivity contribution in [1.29, 1.82) is 0 Å². The van der Waals surface area contributed by atoms with Crippen LogP contribution in [0.25, 0.3) is 0 Å². The van der Waals surface area contributed by atoms with Gasteiger partial charge in [-0.05, 0) is 54.7 Å². The average molecular weight is 258 g/mol. The molecule has 0 radical (unpaired) electrons. The van der Waals surface area contributed by atoms with E-state index in [2.05, 4.69) is 0 Å². The van der Waals surface area contributed by atoms with E-state index in [0.29, 0.717) is 11.5 Å². The molecule has 0 saturated heterocycles. The summed E-state index contributed by atoms with van der Waals surface area (Å²) in [6.45, 7) is 0. The first-order valence-corrected chi connectivity index (χ1v) is 6.34. The van der Waals surface area contributed by atoms with Crippen LogP contribution in [0.15, 0.2) is 12.1 Å². The second kappa shape index (κ2) is 3.92. The molecule has 3 rings (SSSR count). The lowest BCUT2D eigenvalue weighted by Crippen LogP contribution is -2.21. The summed E-state index contributed by atoms with van der Waals surface area (Å²) in [5, 5.41) is 0.233. The Morgan fingerprint density at radius 3 is 2.35 bits per heavy atom. The lowest BCUT2D eigenvalue weighted by molar-refractivity contribution is 0.401. The molecule has 4 heteroatoms. The van der Waals surface area contributed by atoms with Crippen molar-refractivity contribution in [3.63, 3.8) is 0 Å². The number of benzene rings is 1. The molecule has 0 aromatic heterocycles. The molecule has 92 valence electrons. The van der Waals surface area contributed by atoms with Crippen LogP contribution in [-0.4, -0.2) is 0 Å². The highest BCUT2D eigenvalue weighted by atomic mass is 35.5. The van der Waals surface area contributed by atoms with E-state index in [9.17, 15) is 8.78 Å². The summed E-state index contributed by atoms with van der Waals surface area (Å²) in [4.78, 5) is 0. The summed E-state index contributed by atoms with van der Waals surface area (Å²) in [7, 11) is 0. The second-order valence-corrected chi connectivity index (χ2v) is 5.71. The molecule has 2 fully saturated rings. The summed E-state index contributed by atoms with van der Waals surface area (Å²) < 4.78 is 26.2. The van der Waals surface area contributed by atoms with Crippen molar-refractivity contribution in [2.75, 3.05) is 0 Å². The average Bonchev–Trinajstić information content (AvgIpc) is 2.90. The summed E-state index contributed by atoms with van der Waals surface area (Å²) in [5.74, 6) is 0.203. The van der Waals surface area contributed by atoms with Crippen LogP contribution < -0.4 is 5.73 Å². The van der Waals surface area contributed by atoms with Crippen molar-refractivity contribution < 1.29 is 8.78 Å². The molecule has 2 aliphatic carbocycles. The molecule has 2 aliphatic rings. The van der Waals surface area contributed by atoms with Gasteiger partial charge in [-0.2, -0.15) is 0 Å². The first kappa shape index (κ1) is 11.4. The quantitative estimate of drug-likeness (QED) is 0.804. The molecule has 0 aliphatic heterocycles. The predicted octanol–water partition coefficient (Wildman–Crippen LogP) is 3.66. The molecule has 0 spiro atoms. The zero-order valence-electron chi connectivity index (χ0n) is 9.30. The lowest BCUT2D eigenvalue weighted by Gasteiger charge is -2.22. The van der Waals surface area contributed by atoms with E-state index in [-0.39, 0.29) is 11.1 Å². The van der Waals surface area contributed by atoms with Gasteiger partial charge < -0.3 is 5.73 Å². The smallest absolute Gasteiger partial charge is 0.160 e. The SMILES string of the molecule is NC(c1cc(F)c(F)cc1Cl)C1CC2CC2C1. The van der Waals surface area contributed by atoms with Gasteiger partial charge in [0, 0.05) is 11.1 Å². The Bertz CT molecular complexity index is 453. The molecular formula is C13H14ClF2N. The van der Waals surface area contributed by atoms with E-state index in [1.807, 2.05) is 0 Å². The standard InChI is InChI=1S/C13H14ClF2N/c14-10-5-12(16)11(15)4-9(10)13(17)8-2-6-1-7(6)3-8/h4-8,13H,1-3,17H2. The molecule has 1 nitrogen and oxygen atoms in total. The van der Waals surface area contributed by atoms with Crippen molar-refractivity contribution in [3.05, 3.63) is 34.4 Å². The summed E-state index contributed by atoms with van der Waals surface area (Å²) >= 11 is 5.94. The maximum Gasteiger partial charge on any atom is 0.160 e. The maximum absolute atomic E-state index is 13.2. The van der Waals surface area contributed by atoms with Gasteiger partial charge in [0.1, 0.15) is 0 Å². The Balaban J connectivity index is 1.85. The van der Waals surface area contributed by atoms with Gasteiger partial charge in [-0.25, -0.2) is 8.78 Å². The monoisotopic (exact) mass is 257 g/mol. The fourth-order valence-corrected chi connectivity index (χ4v) is 3.38. The molecule has 0 amide bonds. The Morgan fingerprint density at radius 2 is 1.71 bits per heavy atom. The first-order valence-electron chi connectivity index (χ1n) is 5.96. The minimum Gasteiger partial charge on any atom is -0.324 e. The lowest BCUT2D eigenvalue weighted by atomic mass is 9.90. The second-order valence-electron chi connectivity index (χ2n) is 5.30. The van der Waals surface area contributed by atoms with Crippen LogP contribution in [-0.2, 0) is 0 Å². The van der Waals surface area contributed by atoms with Gasteiger partial charge >= 0.3 is 0 Å². The van der Waals surface area contributed by atoms with Gasteiger partial charge in [0.15, 0.2) is 11.6 Å². The number of halogens is 3. The molecule has 17 heavy (non-hydrogen) atoms. The van der Waals surface area contributed by atoms with E-state index in [1.165, 1.54) is 6.42 Å². The molecule has 3 unspecified atom stereocenters. The minimum absolute atomic E-state index is 0.233. The zero-order chi connectivity index (χ0) is 12.2. The van der Waals surface area contributed by atoms with E-state index < -0.39 is 11.6 Å². The van der Waals surface area contributed by atoms with E-state index in [4.69, 9.17) is 17.3 Å². The largest absolute Gasteiger partial charge is 0.324 e. The Hall–Kier alpha value is -0.670. The van der Waals surface area contributed by atoms with Crippen LogP contribution in [0.4, 0.5) is 8.78 Å². The molecule has 3 atom stereocenters. The first-order chi connectivity index (χ1) is 8.06. The number of nitrogens with two attached hydrogens (primary N) is 1. The van der Waals surface area contributed by atoms with Gasteiger partial charge in [0.05, 0.1) is 0 Å². The number of fused-ring (bicyclic) bond motifs is 1. The van der Waals surface area contributed by atoms with E-state index >= 15 is 0 Å². The van der Waals surface area contributed by atoms with Crippen LogP contribution >= 0.6 is 11.6 Å². The Morgan fingerprint density at radius 1 is 1.12 bits per heavy atom. The minimum atomic E-state index is -0.916. The summed E-state index contributed by atoms with van der Waals surface area (Å²) in [5.41, 5.74) is 6.67. The van der Waals surface area contributed by atoms with Crippen molar-refractivity contribution in [2.45, 2.75) is 25.3 Å². The van der Waals surface area contributed by atoms with E-state index in [0.717, 1.165) is 36.8 Å². The van der Waals surface area contributed by atoms with Crippen LogP contribution in [0.1, 0.15) is 30.9 Å². The van der Waals surface area contributed by atoms with Crippen molar-refractivity contribution in [1.82, 2.24) is 0 Å². The third kappa shape index (κ3) is 1.95. The van der Waals surface area contributed by atoms with Crippen LogP contribution in [0, 0.1) is 29.4 Å². The van der Waals surface area contributed by atoms with Crippen molar-refractivity contribution in [3.8, 4) is 0 Å². The van der Waals surface area contributed by atoms with Crippen LogP contribution in [0.5, 0.6) is 0 Å². The molecule has 0 heterocycles. The van der Waals surface area contributed by atoms with Gasteiger partial charge in [-0.3, -0.25) is 0 Å². The fraction of sp³-hybridized carbons (Fsp3) is 0.538. The third-order valence-electron chi connectivity index (χ3n) is 4.19. The Labute approximate surface area is 104 Å². The molecule has 1 aromatic carbocycles. The highest BCUT2D eigenvalue weighted by Crippen LogP contribution is 2.57. The zero-order valence-corrected chi connectivity index (χ0v) is 10.1. The van der Waals surface area contributed by atoms with Gasteiger partial charge in [0.2, 0.25) is 0 Å².